The molecule has 0 aliphatic carbocycles. The predicted octanol–water partition coefficient (Wildman–Crippen LogP) is 7.75. The first kappa shape index (κ1) is 23.2. The summed E-state index contributed by atoms with van der Waals surface area (Å²) in [4.78, 5) is 2.47. The van der Waals surface area contributed by atoms with Crippen molar-refractivity contribution in [3.05, 3.63) is 131 Å². The topological polar surface area (TPSA) is 17.4 Å². The van der Waals surface area contributed by atoms with Crippen molar-refractivity contribution >= 4 is 10.9 Å². The molecule has 0 amide bonds. The number of fused-ring (bicyclic) bond motifs is 3. The Morgan fingerprint density at radius 1 is 0.868 bits per heavy atom. The molecule has 0 radical (unpaired) electrons. The number of ether oxygens (including phenoxy) is 1. The van der Waals surface area contributed by atoms with Crippen molar-refractivity contribution in [3.8, 4) is 11.5 Å². The van der Waals surface area contributed by atoms with Crippen LogP contribution in [0.2, 0.25) is 0 Å². The van der Waals surface area contributed by atoms with Gasteiger partial charge in [0.2, 0.25) is 0 Å². The van der Waals surface area contributed by atoms with Crippen LogP contribution in [-0.2, 0) is 12.8 Å². The summed E-state index contributed by atoms with van der Waals surface area (Å²) in [6, 6.07) is 33.2. The number of para-hydroxylation sites is 1. The lowest BCUT2D eigenvalue weighted by Gasteiger charge is -2.33. The molecule has 3 nitrogen and oxygen atoms in total. The fourth-order valence-corrected chi connectivity index (χ4v) is 6.51. The lowest BCUT2D eigenvalue weighted by atomic mass is 9.87. The second-order valence-electron chi connectivity index (χ2n) is 10.7. The van der Waals surface area contributed by atoms with Gasteiger partial charge < -0.3 is 14.2 Å². The van der Waals surface area contributed by atoms with E-state index in [0.29, 0.717) is 6.04 Å². The van der Waals surface area contributed by atoms with E-state index in [-0.39, 0.29) is 11.9 Å². The van der Waals surface area contributed by atoms with E-state index < -0.39 is 0 Å². The van der Waals surface area contributed by atoms with Gasteiger partial charge in [0.15, 0.2) is 0 Å². The Balaban J connectivity index is 1.47. The third-order valence-electron chi connectivity index (χ3n) is 8.36. The fourth-order valence-electron chi connectivity index (χ4n) is 6.51. The van der Waals surface area contributed by atoms with Crippen molar-refractivity contribution in [2.45, 2.75) is 37.8 Å². The quantitative estimate of drug-likeness (QED) is 0.240. The van der Waals surface area contributed by atoms with Crippen LogP contribution in [-0.4, -0.2) is 29.1 Å². The molecule has 0 bridgehead atoms. The Morgan fingerprint density at radius 3 is 2.53 bits per heavy atom. The van der Waals surface area contributed by atoms with Crippen LogP contribution in [0.3, 0.4) is 0 Å². The monoisotopic (exact) mass is 502 g/mol. The highest BCUT2D eigenvalue weighted by molar-refractivity contribution is 5.82. The molecule has 0 saturated carbocycles. The molecule has 1 fully saturated rings. The van der Waals surface area contributed by atoms with E-state index in [0.717, 1.165) is 47.4 Å². The van der Waals surface area contributed by atoms with Crippen LogP contribution in [0.1, 0.15) is 46.8 Å². The molecule has 2 aliphatic rings. The molecule has 38 heavy (non-hydrogen) atoms. The summed E-state index contributed by atoms with van der Waals surface area (Å²) < 4.78 is 23.4. The molecule has 4 aromatic carbocycles. The maximum Gasteiger partial charge on any atom is 0.133 e. The first-order valence-electron chi connectivity index (χ1n) is 13.6. The minimum atomic E-state index is -0.197. The maximum absolute atomic E-state index is 14.4. The van der Waals surface area contributed by atoms with Crippen LogP contribution in [0.25, 0.3) is 10.9 Å². The van der Waals surface area contributed by atoms with Gasteiger partial charge in [0.1, 0.15) is 17.3 Å². The second-order valence-corrected chi connectivity index (χ2v) is 10.7. The Labute approximate surface area is 223 Å². The zero-order valence-corrected chi connectivity index (χ0v) is 21.6. The molecular formula is C34H31FN2O. The number of hydrogen-bond acceptors (Lipinski definition) is 2. The molecule has 190 valence electrons. The minimum Gasteiger partial charge on any atom is -0.457 e. The van der Waals surface area contributed by atoms with E-state index in [1.54, 1.807) is 12.1 Å². The van der Waals surface area contributed by atoms with Gasteiger partial charge in [-0.2, -0.15) is 0 Å². The van der Waals surface area contributed by atoms with Gasteiger partial charge in [-0.1, -0.05) is 60.7 Å². The summed E-state index contributed by atoms with van der Waals surface area (Å²) in [5, 5.41) is 0.951. The van der Waals surface area contributed by atoms with Gasteiger partial charge in [-0.3, -0.25) is 0 Å². The number of nitrogens with zero attached hydrogens (tertiary/aromatic N) is 2. The van der Waals surface area contributed by atoms with Crippen molar-refractivity contribution < 1.29 is 9.13 Å². The van der Waals surface area contributed by atoms with E-state index >= 15 is 0 Å². The van der Waals surface area contributed by atoms with Crippen molar-refractivity contribution in [1.29, 1.82) is 0 Å². The summed E-state index contributed by atoms with van der Waals surface area (Å²) in [5.41, 5.74) is 7.16. The summed E-state index contributed by atoms with van der Waals surface area (Å²) in [6.07, 6.45) is 4.16. The molecule has 2 atom stereocenters. The van der Waals surface area contributed by atoms with Crippen LogP contribution in [0.15, 0.2) is 97.1 Å². The number of hydrogen-bond donors (Lipinski definition) is 0. The molecule has 0 unspecified atom stereocenters. The van der Waals surface area contributed by atoms with E-state index in [2.05, 4.69) is 89.3 Å². The third kappa shape index (κ3) is 4.00. The van der Waals surface area contributed by atoms with E-state index in [1.165, 1.54) is 35.2 Å². The molecular weight excluding hydrogens is 471 g/mol. The summed E-state index contributed by atoms with van der Waals surface area (Å²) >= 11 is 0. The number of benzene rings is 4. The lowest BCUT2D eigenvalue weighted by Crippen LogP contribution is -2.29. The maximum atomic E-state index is 14.4. The van der Waals surface area contributed by atoms with E-state index in [9.17, 15) is 4.39 Å². The zero-order valence-electron chi connectivity index (χ0n) is 21.6. The lowest BCUT2D eigenvalue weighted by molar-refractivity contribution is 0.305. The summed E-state index contributed by atoms with van der Waals surface area (Å²) in [5.74, 6) is 1.58. The standard InChI is InChI=1S/C34H31FN2O/c1-36-18-8-12-27(36)22-28-21-25-20-26(35)16-17-30(25)37(28)34-29-13-5-6-14-31(29)38-32-15-7-11-24(33(32)34)19-23-9-3-2-4-10-23/h2-7,9-11,13-17,20-21,27,34H,8,12,18-19,22H2,1H3/t27-,34+/m0/s1. The van der Waals surface area contributed by atoms with Crippen molar-refractivity contribution in [2.24, 2.45) is 0 Å². The largest absolute Gasteiger partial charge is 0.457 e. The van der Waals surface area contributed by atoms with Crippen molar-refractivity contribution in [3.63, 3.8) is 0 Å². The van der Waals surface area contributed by atoms with Crippen LogP contribution in [0, 0.1) is 5.82 Å². The van der Waals surface area contributed by atoms with Crippen LogP contribution in [0.4, 0.5) is 4.39 Å². The molecule has 2 aliphatic heterocycles. The van der Waals surface area contributed by atoms with Gasteiger partial charge in [0, 0.05) is 40.2 Å². The molecule has 5 aromatic rings. The molecule has 3 heterocycles. The first-order valence-corrected chi connectivity index (χ1v) is 13.6. The van der Waals surface area contributed by atoms with Crippen LogP contribution in [0.5, 0.6) is 11.5 Å². The van der Waals surface area contributed by atoms with Gasteiger partial charge in [-0.25, -0.2) is 4.39 Å². The van der Waals surface area contributed by atoms with Crippen LogP contribution >= 0.6 is 0 Å². The highest BCUT2D eigenvalue weighted by atomic mass is 19.1. The van der Waals surface area contributed by atoms with Gasteiger partial charge in [0.25, 0.3) is 0 Å². The Bertz CT molecular complexity index is 1620. The average molecular weight is 503 g/mol. The van der Waals surface area contributed by atoms with Gasteiger partial charge >= 0.3 is 0 Å². The number of aromatic nitrogens is 1. The Morgan fingerprint density at radius 2 is 1.68 bits per heavy atom. The molecule has 1 aromatic heterocycles. The number of rotatable bonds is 5. The predicted molar refractivity (Wildman–Crippen MR) is 151 cm³/mol. The molecule has 4 heteroatoms. The number of likely N-dealkylation sites (tertiary alicyclic amines) is 1. The molecule has 0 N–H and O–H groups in total. The van der Waals surface area contributed by atoms with E-state index in [4.69, 9.17) is 4.74 Å². The van der Waals surface area contributed by atoms with Crippen LogP contribution < -0.4 is 4.74 Å². The SMILES string of the molecule is CN1CCC[C@H]1Cc1cc2cc(F)ccc2n1[C@@H]1c2ccccc2Oc2cccc(Cc3ccccc3)c21. The second kappa shape index (κ2) is 9.45. The number of likely N-dealkylation sites (N-methyl/N-ethyl adjacent to an activating group) is 1. The number of halogens is 1. The molecule has 1 saturated heterocycles. The van der Waals surface area contributed by atoms with Crippen molar-refractivity contribution in [1.82, 2.24) is 9.47 Å². The smallest absolute Gasteiger partial charge is 0.133 e. The molecule has 7 rings (SSSR count). The van der Waals surface area contributed by atoms with E-state index in [1.807, 2.05) is 12.1 Å². The highest BCUT2D eigenvalue weighted by Gasteiger charge is 2.34. The normalized spacial score (nSPS) is 18.8. The minimum absolute atomic E-state index is 0.0699. The zero-order chi connectivity index (χ0) is 25.6. The Hall–Kier alpha value is -3.89. The Kier molecular flexibility index (Phi) is 5.78. The van der Waals surface area contributed by atoms with Gasteiger partial charge in [0.05, 0.1) is 6.04 Å². The highest BCUT2D eigenvalue weighted by Crippen LogP contribution is 2.48. The third-order valence-corrected chi connectivity index (χ3v) is 8.36. The molecule has 0 spiro atoms. The fraction of sp³-hybridized carbons (Fsp3) is 0.235. The van der Waals surface area contributed by atoms with Crippen molar-refractivity contribution in [2.75, 3.05) is 13.6 Å². The summed E-state index contributed by atoms with van der Waals surface area (Å²) in [7, 11) is 2.22. The summed E-state index contributed by atoms with van der Waals surface area (Å²) in [6.45, 7) is 1.13. The van der Waals surface area contributed by atoms with Gasteiger partial charge in [-0.15, -0.1) is 0 Å². The van der Waals surface area contributed by atoms with Gasteiger partial charge in [-0.05, 0) is 80.4 Å². The average Bonchev–Trinajstić information content (AvgIpc) is 3.50. The first-order chi connectivity index (χ1) is 18.7.